The van der Waals surface area contributed by atoms with E-state index >= 15 is 0 Å². The van der Waals surface area contributed by atoms with Crippen molar-refractivity contribution in [2.24, 2.45) is 0 Å². The Morgan fingerprint density at radius 1 is 0.625 bits per heavy atom. The quantitative estimate of drug-likeness (QED) is 0.433. The topological polar surface area (TPSA) is 47.6 Å². The van der Waals surface area contributed by atoms with Crippen LogP contribution in [0.3, 0.4) is 0 Å². The molecule has 2 heteroatoms. The molecule has 24 heavy (non-hydrogen) atoms. The minimum Gasteiger partial charge on any atom is -0.192 e. The van der Waals surface area contributed by atoms with Crippen LogP contribution in [-0.4, -0.2) is 0 Å². The summed E-state index contributed by atoms with van der Waals surface area (Å²) in [4.78, 5) is 0. The maximum Gasteiger partial charge on any atom is 0.101 e. The highest BCUT2D eigenvalue weighted by molar-refractivity contribution is 6.18. The molecule has 0 aromatic heterocycles. The number of nitrogens with zero attached hydrogens (tertiary/aromatic N) is 2. The van der Waals surface area contributed by atoms with Crippen LogP contribution in [0.4, 0.5) is 0 Å². The van der Waals surface area contributed by atoms with Crippen LogP contribution < -0.4 is 0 Å². The Morgan fingerprint density at radius 2 is 1.04 bits per heavy atom. The Balaban J connectivity index is 2.37. The van der Waals surface area contributed by atoms with Crippen LogP contribution in [0.15, 0.2) is 24.3 Å². The third-order valence-corrected chi connectivity index (χ3v) is 5.33. The predicted octanol–water partition coefficient (Wildman–Crippen LogP) is 5.46. The Hall–Kier alpha value is -3.10. The molecule has 0 fully saturated rings. The van der Waals surface area contributed by atoms with Crippen LogP contribution in [0.25, 0.3) is 33.0 Å². The fourth-order valence-corrected chi connectivity index (χ4v) is 4.18. The molecule has 0 heterocycles. The third-order valence-electron chi connectivity index (χ3n) is 5.33. The summed E-state index contributed by atoms with van der Waals surface area (Å²) in [5, 5.41) is 21.7. The Morgan fingerprint density at radius 3 is 1.42 bits per heavy atom. The minimum atomic E-state index is 0.510. The summed E-state index contributed by atoms with van der Waals surface area (Å²) >= 11 is 0. The van der Waals surface area contributed by atoms with Crippen LogP contribution in [0.1, 0.15) is 33.4 Å². The average molecular weight is 308 g/mol. The van der Waals surface area contributed by atoms with Crippen molar-refractivity contribution in [2.75, 3.05) is 0 Å². The number of nitriles is 2. The van der Waals surface area contributed by atoms with E-state index in [1.54, 1.807) is 0 Å². The average Bonchev–Trinajstić information content (AvgIpc) is 2.94. The molecule has 4 rings (SSSR count). The summed E-state index contributed by atoms with van der Waals surface area (Å²) in [5.74, 6) is 0. The second-order valence-corrected chi connectivity index (χ2v) is 6.59. The van der Waals surface area contributed by atoms with Gasteiger partial charge in [-0.2, -0.15) is 10.5 Å². The molecule has 0 unspecified atom stereocenters. The molecule has 0 bridgehead atoms. The molecule has 0 radical (unpaired) electrons. The first-order chi connectivity index (χ1) is 11.5. The van der Waals surface area contributed by atoms with Gasteiger partial charge in [-0.1, -0.05) is 24.3 Å². The van der Waals surface area contributed by atoms with Gasteiger partial charge in [0.05, 0.1) is 11.1 Å². The zero-order valence-corrected chi connectivity index (χ0v) is 14.2. The number of aryl methyl sites for hydroxylation is 2. The first-order valence-electron chi connectivity index (χ1n) is 8.02. The summed E-state index contributed by atoms with van der Waals surface area (Å²) in [5.41, 5.74) is 10.00. The molecule has 0 saturated heterocycles. The van der Waals surface area contributed by atoms with Crippen molar-refractivity contribution >= 4 is 10.8 Å². The summed E-state index contributed by atoms with van der Waals surface area (Å²) in [6.07, 6.45) is 0. The highest BCUT2D eigenvalue weighted by Gasteiger charge is 2.30. The van der Waals surface area contributed by atoms with Gasteiger partial charge in [-0.3, -0.25) is 0 Å². The first-order valence-corrected chi connectivity index (χ1v) is 8.02. The van der Waals surface area contributed by atoms with E-state index < -0.39 is 0 Å². The van der Waals surface area contributed by atoms with Crippen LogP contribution in [0, 0.1) is 50.4 Å². The van der Waals surface area contributed by atoms with Crippen LogP contribution >= 0.6 is 0 Å². The smallest absolute Gasteiger partial charge is 0.101 e. The number of hydrogen-bond donors (Lipinski definition) is 0. The molecule has 0 aliphatic heterocycles. The highest BCUT2D eigenvalue weighted by atomic mass is 14.4. The number of fused-ring (bicyclic) bond motifs is 3. The molecule has 1 aliphatic carbocycles. The molecule has 114 valence electrons. The first kappa shape index (κ1) is 14.5. The van der Waals surface area contributed by atoms with Gasteiger partial charge in [0.1, 0.15) is 12.1 Å². The van der Waals surface area contributed by atoms with Crippen molar-refractivity contribution in [1.82, 2.24) is 0 Å². The molecule has 0 amide bonds. The van der Waals surface area contributed by atoms with E-state index in [4.69, 9.17) is 0 Å². The van der Waals surface area contributed by atoms with Crippen molar-refractivity contribution < 1.29 is 0 Å². The lowest BCUT2D eigenvalue weighted by Crippen LogP contribution is -1.99. The number of benzene rings is 3. The number of hydrogen-bond acceptors (Lipinski definition) is 2. The van der Waals surface area contributed by atoms with Gasteiger partial charge in [-0.15, -0.1) is 0 Å². The van der Waals surface area contributed by atoms with E-state index in [2.05, 4.69) is 50.3 Å². The van der Waals surface area contributed by atoms with Gasteiger partial charge < -0.3 is 0 Å². The monoisotopic (exact) mass is 308 g/mol. The zero-order chi connectivity index (χ0) is 17.2. The van der Waals surface area contributed by atoms with Gasteiger partial charge in [-0.05, 0) is 83.0 Å². The van der Waals surface area contributed by atoms with E-state index in [0.29, 0.717) is 11.1 Å². The van der Waals surface area contributed by atoms with Crippen molar-refractivity contribution in [3.8, 4) is 34.4 Å². The second kappa shape index (κ2) is 4.70. The van der Waals surface area contributed by atoms with Gasteiger partial charge >= 0.3 is 0 Å². The van der Waals surface area contributed by atoms with E-state index in [-0.39, 0.29) is 0 Å². The van der Waals surface area contributed by atoms with E-state index in [1.165, 1.54) is 33.0 Å². The van der Waals surface area contributed by atoms with Crippen molar-refractivity contribution in [2.45, 2.75) is 27.7 Å². The number of rotatable bonds is 0. The third kappa shape index (κ3) is 1.53. The standard InChI is InChI=1S/C22H16N2/c1-11-5-7-15-8-6-12(2)19-21-14(4)17(10-24)16(9-23)13(3)20(21)18(11)22(15)19/h5-8H,1-4H3. The molecule has 0 spiro atoms. The predicted molar refractivity (Wildman–Crippen MR) is 96.8 cm³/mol. The zero-order valence-electron chi connectivity index (χ0n) is 14.2. The van der Waals surface area contributed by atoms with Crippen molar-refractivity contribution in [3.63, 3.8) is 0 Å². The molecule has 0 saturated carbocycles. The van der Waals surface area contributed by atoms with Gasteiger partial charge in [0.25, 0.3) is 0 Å². The van der Waals surface area contributed by atoms with Crippen LogP contribution in [0.2, 0.25) is 0 Å². The van der Waals surface area contributed by atoms with Gasteiger partial charge in [-0.25, -0.2) is 0 Å². The molecule has 0 atom stereocenters. The molecule has 3 aromatic rings. The lowest BCUT2D eigenvalue weighted by molar-refractivity contribution is 1.31. The molecule has 3 aromatic carbocycles. The summed E-state index contributed by atoms with van der Waals surface area (Å²) in [6.45, 7) is 8.18. The highest BCUT2D eigenvalue weighted by Crippen LogP contribution is 2.53. The second-order valence-electron chi connectivity index (χ2n) is 6.59. The Labute approximate surface area is 141 Å². The maximum atomic E-state index is 9.62. The maximum absolute atomic E-state index is 9.62. The van der Waals surface area contributed by atoms with E-state index in [1.807, 2.05) is 13.8 Å². The van der Waals surface area contributed by atoms with E-state index in [0.717, 1.165) is 22.3 Å². The normalized spacial score (nSPS) is 11.2. The van der Waals surface area contributed by atoms with Crippen LogP contribution in [-0.2, 0) is 0 Å². The summed E-state index contributed by atoms with van der Waals surface area (Å²) in [7, 11) is 0. The van der Waals surface area contributed by atoms with Crippen molar-refractivity contribution in [3.05, 3.63) is 57.6 Å². The van der Waals surface area contributed by atoms with Gasteiger partial charge in [0.2, 0.25) is 0 Å². The summed E-state index contributed by atoms with van der Waals surface area (Å²) in [6, 6.07) is 13.1. The molecular weight excluding hydrogens is 292 g/mol. The van der Waals surface area contributed by atoms with Gasteiger partial charge in [0, 0.05) is 0 Å². The molecule has 2 nitrogen and oxygen atoms in total. The fourth-order valence-electron chi connectivity index (χ4n) is 4.18. The van der Waals surface area contributed by atoms with E-state index in [9.17, 15) is 10.5 Å². The minimum absolute atomic E-state index is 0.510. The Bertz CT molecular complexity index is 1060. The van der Waals surface area contributed by atoms with Crippen molar-refractivity contribution in [1.29, 1.82) is 10.5 Å². The Kier molecular flexibility index (Phi) is 2.84. The van der Waals surface area contributed by atoms with Gasteiger partial charge in [0.15, 0.2) is 0 Å². The molecular formula is C22H16N2. The lowest BCUT2D eigenvalue weighted by Gasteiger charge is -2.15. The fraction of sp³-hybridized carbons (Fsp3) is 0.182. The molecule has 1 aliphatic rings. The SMILES string of the molecule is Cc1ccc2ccc(C)c3c2c1-c1c(C)c(C#N)c(C#N)c(C)c1-3. The summed E-state index contributed by atoms with van der Waals surface area (Å²) < 4.78 is 0. The van der Waals surface area contributed by atoms with Crippen LogP contribution in [0.5, 0.6) is 0 Å². The molecule has 0 N–H and O–H groups in total. The largest absolute Gasteiger partial charge is 0.192 e. The lowest BCUT2D eigenvalue weighted by atomic mass is 9.86.